The summed E-state index contributed by atoms with van der Waals surface area (Å²) in [5.41, 5.74) is 5.79. The third kappa shape index (κ3) is 4.99. The van der Waals surface area contributed by atoms with Gasteiger partial charge in [-0.2, -0.15) is 5.10 Å². The molecule has 96 valence electrons. The van der Waals surface area contributed by atoms with Gasteiger partial charge < -0.3 is 11.1 Å². The van der Waals surface area contributed by atoms with Crippen molar-refractivity contribution in [2.45, 2.75) is 51.7 Å². The number of carbonyl (C=O) groups is 1. The Morgan fingerprint density at radius 2 is 2.35 bits per heavy atom. The van der Waals surface area contributed by atoms with Gasteiger partial charge in [0.2, 0.25) is 5.91 Å². The zero-order chi connectivity index (χ0) is 12.7. The molecule has 1 aromatic rings. The fourth-order valence-corrected chi connectivity index (χ4v) is 1.64. The van der Waals surface area contributed by atoms with Crippen LogP contribution >= 0.6 is 0 Å². The van der Waals surface area contributed by atoms with E-state index in [4.69, 9.17) is 5.73 Å². The van der Waals surface area contributed by atoms with Gasteiger partial charge in [0.05, 0.1) is 12.6 Å². The van der Waals surface area contributed by atoms with Gasteiger partial charge in [-0.1, -0.05) is 19.8 Å². The zero-order valence-electron chi connectivity index (χ0n) is 10.6. The minimum atomic E-state index is -0.393. The average Bonchev–Trinajstić information content (AvgIpc) is 2.78. The van der Waals surface area contributed by atoms with Crippen LogP contribution in [0.5, 0.6) is 0 Å². The van der Waals surface area contributed by atoms with Gasteiger partial charge in [-0.3, -0.25) is 9.48 Å². The van der Waals surface area contributed by atoms with Crippen molar-refractivity contribution in [1.29, 1.82) is 0 Å². The van der Waals surface area contributed by atoms with E-state index in [1.807, 2.05) is 19.2 Å². The van der Waals surface area contributed by atoms with Crippen molar-refractivity contribution in [2.75, 3.05) is 0 Å². The Morgan fingerprint density at radius 3 is 2.94 bits per heavy atom. The van der Waals surface area contributed by atoms with Gasteiger partial charge in [0.15, 0.2) is 0 Å². The molecule has 0 spiro atoms. The van der Waals surface area contributed by atoms with Gasteiger partial charge in [0, 0.05) is 18.4 Å². The lowest BCUT2D eigenvalue weighted by Gasteiger charge is -2.17. The summed E-state index contributed by atoms with van der Waals surface area (Å²) in [7, 11) is 0. The lowest BCUT2D eigenvalue weighted by Crippen LogP contribution is -2.45. The van der Waals surface area contributed by atoms with Crippen molar-refractivity contribution in [1.82, 2.24) is 15.1 Å². The van der Waals surface area contributed by atoms with Crippen LogP contribution in [0.25, 0.3) is 0 Å². The highest BCUT2D eigenvalue weighted by Crippen LogP contribution is 1.99. The first-order valence-corrected chi connectivity index (χ1v) is 6.17. The molecule has 0 saturated heterocycles. The van der Waals surface area contributed by atoms with E-state index in [0.29, 0.717) is 6.54 Å². The molecule has 1 rings (SSSR count). The quantitative estimate of drug-likeness (QED) is 0.741. The molecule has 0 aliphatic heterocycles. The molecule has 0 fully saturated rings. The van der Waals surface area contributed by atoms with Crippen LogP contribution < -0.4 is 11.1 Å². The normalized spacial score (nSPS) is 14.3. The number of nitrogens with zero attached hydrogens (tertiary/aromatic N) is 2. The fraction of sp³-hybridized carbons (Fsp3) is 0.667. The molecular weight excluding hydrogens is 216 g/mol. The Bertz CT molecular complexity index is 323. The number of unbranched alkanes of at least 4 members (excludes halogenated alkanes) is 1. The number of aromatic nitrogens is 2. The molecule has 1 heterocycles. The predicted octanol–water partition coefficient (Wildman–Crippen LogP) is 0.905. The summed E-state index contributed by atoms with van der Waals surface area (Å²) in [5.74, 6) is -0.0712. The Kier molecular flexibility index (Phi) is 5.69. The van der Waals surface area contributed by atoms with Crippen LogP contribution in [0.3, 0.4) is 0 Å². The molecule has 0 bridgehead atoms. The van der Waals surface area contributed by atoms with Crippen molar-refractivity contribution in [3.63, 3.8) is 0 Å². The standard InChI is InChI=1S/C12H22N4O/c1-3-4-6-11(13)12(17)15-10(2)9-16-8-5-7-14-16/h5,7-8,10-11H,3-4,6,9,13H2,1-2H3,(H,15,17). The van der Waals surface area contributed by atoms with E-state index in [9.17, 15) is 4.79 Å². The number of nitrogens with one attached hydrogen (secondary N) is 1. The number of rotatable bonds is 7. The smallest absolute Gasteiger partial charge is 0.237 e. The first-order valence-electron chi connectivity index (χ1n) is 6.17. The Hall–Kier alpha value is -1.36. The highest BCUT2D eigenvalue weighted by Gasteiger charge is 2.15. The first kappa shape index (κ1) is 13.7. The third-order valence-corrected chi connectivity index (χ3v) is 2.61. The topological polar surface area (TPSA) is 72.9 Å². The molecule has 0 aromatic carbocycles. The zero-order valence-corrected chi connectivity index (χ0v) is 10.6. The third-order valence-electron chi connectivity index (χ3n) is 2.61. The number of hydrogen-bond acceptors (Lipinski definition) is 3. The highest BCUT2D eigenvalue weighted by atomic mass is 16.2. The molecule has 5 heteroatoms. The van der Waals surface area contributed by atoms with E-state index < -0.39 is 6.04 Å². The van der Waals surface area contributed by atoms with E-state index in [-0.39, 0.29) is 11.9 Å². The molecule has 0 aliphatic rings. The second kappa shape index (κ2) is 7.06. The Labute approximate surface area is 102 Å². The van der Waals surface area contributed by atoms with E-state index >= 15 is 0 Å². The Morgan fingerprint density at radius 1 is 1.59 bits per heavy atom. The van der Waals surface area contributed by atoms with Crippen molar-refractivity contribution in [3.8, 4) is 0 Å². The van der Waals surface area contributed by atoms with E-state index in [1.165, 1.54) is 0 Å². The summed E-state index contributed by atoms with van der Waals surface area (Å²) in [5, 5.41) is 6.99. The van der Waals surface area contributed by atoms with Gasteiger partial charge in [0.25, 0.3) is 0 Å². The molecule has 1 amide bonds. The van der Waals surface area contributed by atoms with Crippen molar-refractivity contribution >= 4 is 5.91 Å². The predicted molar refractivity (Wildman–Crippen MR) is 67.3 cm³/mol. The number of hydrogen-bond donors (Lipinski definition) is 2. The monoisotopic (exact) mass is 238 g/mol. The summed E-state index contributed by atoms with van der Waals surface area (Å²) in [6, 6.07) is 1.51. The van der Waals surface area contributed by atoms with Crippen molar-refractivity contribution < 1.29 is 4.79 Å². The average molecular weight is 238 g/mol. The minimum Gasteiger partial charge on any atom is -0.350 e. The van der Waals surface area contributed by atoms with Gasteiger partial charge in [-0.25, -0.2) is 0 Å². The molecule has 2 unspecified atom stereocenters. The molecule has 2 atom stereocenters. The molecule has 1 aromatic heterocycles. The fourth-order valence-electron chi connectivity index (χ4n) is 1.64. The lowest BCUT2D eigenvalue weighted by atomic mass is 10.1. The molecule has 17 heavy (non-hydrogen) atoms. The number of carbonyl (C=O) groups excluding carboxylic acids is 1. The van der Waals surface area contributed by atoms with Crippen LogP contribution in [0.2, 0.25) is 0 Å². The van der Waals surface area contributed by atoms with E-state index in [2.05, 4.69) is 17.3 Å². The molecule has 3 N–H and O–H groups in total. The van der Waals surface area contributed by atoms with Crippen LogP contribution in [-0.4, -0.2) is 27.8 Å². The molecule has 5 nitrogen and oxygen atoms in total. The van der Waals surface area contributed by atoms with Gasteiger partial charge >= 0.3 is 0 Å². The first-order chi connectivity index (χ1) is 8.13. The molecule has 0 aliphatic carbocycles. The summed E-state index contributed by atoms with van der Waals surface area (Å²) in [6.07, 6.45) is 6.39. The van der Waals surface area contributed by atoms with Crippen molar-refractivity contribution in [3.05, 3.63) is 18.5 Å². The summed E-state index contributed by atoms with van der Waals surface area (Å²) >= 11 is 0. The second-order valence-electron chi connectivity index (χ2n) is 4.39. The lowest BCUT2D eigenvalue weighted by molar-refractivity contribution is -0.123. The van der Waals surface area contributed by atoms with Crippen LogP contribution in [0, 0.1) is 0 Å². The van der Waals surface area contributed by atoms with Crippen molar-refractivity contribution in [2.24, 2.45) is 5.73 Å². The van der Waals surface area contributed by atoms with Crippen LogP contribution in [0.1, 0.15) is 33.1 Å². The van der Waals surface area contributed by atoms with E-state index in [0.717, 1.165) is 19.3 Å². The van der Waals surface area contributed by atoms with Crippen LogP contribution in [0.4, 0.5) is 0 Å². The van der Waals surface area contributed by atoms with Gasteiger partial charge in [-0.05, 0) is 19.4 Å². The molecule has 0 radical (unpaired) electrons. The maximum Gasteiger partial charge on any atom is 0.237 e. The summed E-state index contributed by atoms with van der Waals surface area (Å²) < 4.78 is 1.79. The number of nitrogens with two attached hydrogens (primary N) is 1. The van der Waals surface area contributed by atoms with Gasteiger partial charge in [0.1, 0.15) is 0 Å². The SMILES string of the molecule is CCCCC(N)C(=O)NC(C)Cn1cccn1. The Balaban J connectivity index is 2.30. The van der Waals surface area contributed by atoms with Gasteiger partial charge in [-0.15, -0.1) is 0 Å². The summed E-state index contributed by atoms with van der Waals surface area (Å²) in [6.45, 7) is 4.70. The maximum atomic E-state index is 11.7. The molecular formula is C12H22N4O. The van der Waals surface area contributed by atoms with Crippen LogP contribution in [0.15, 0.2) is 18.5 Å². The minimum absolute atomic E-state index is 0.0371. The second-order valence-corrected chi connectivity index (χ2v) is 4.39. The molecule has 0 saturated carbocycles. The highest BCUT2D eigenvalue weighted by molar-refractivity contribution is 5.81. The largest absolute Gasteiger partial charge is 0.350 e. The maximum absolute atomic E-state index is 11.7. The van der Waals surface area contributed by atoms with Crippen LogP contribution in [-0.2, 0) is 11.3 Å². The number of amides is 1. The summed E-state index contributed by atoms with van der Waals surface area (Å²) in [4.78, 5) is 11.7. The van der Waals surface area contributed by atoms with E-state index in [1.54, 1.807) is 10.9 Å².